The van der Waals surface area contributed by atoms with Gasteiger partial charge in [-0.25, -0.2) is 0 Å². The summed E-state index contributed by atoms with van der Waals surface area (Å²) in [6.45, 7) is 4.78. The van der Waals surface area contributed by atoms with Crippen LogP contribution in [0.3, 0.4) is 0 Å². The third kappa shape index (κ3) is 2.35. The minimum Gasteiger partial charge on any atom is -0.411 e. The van der Waals surface area contributed by atoms with Gasteiger partial charge in [0.15, 0.2) is 12.1 Å². The van der Waals surface area contributed by atoms with E-state index in [1.807, 2.05) is 0 Å². The second-order valence-electron chi connectivity index (χ2n) is 10.6. The Kier molecular flexibility index (Phi) is 4.36. The van der Waals surface area contributed by atoms with Crippen LogP contribution in [-0.4, -0.2) is 49.4 Å². The molecule has 2 saturated heterocycles. The Bertz CT molecular complexity index is 685. The van der Waals surface area contributed by atoms with Gasteiger partial charge in [-0.05, 0) is 61.7 Å². The number of ether oxygens (including phenoxy) is 4. The van der Waals surface area contributed by atoms with E-state index < -0.39 is 5.79 Å². The van der Waals surface area contributed by atoms with Crippen molar-refractivity contribution in [2.24, 2.45) is 39.7 Å². The molecule has 2 heterocycles. The highest BCUT2D eigenvalue weighted by Crippen LogP contribution is 2.70. The summed E-state index contributed by atoms with van der Waals surface area (Å²) in [5, 5.41) is 13.8. The van der Waals surface area contributed by atoms with Gasteiger partial charge in [-0.2, -0.15) is 0 Å². The van der Waals surface area contributed by atoms with E-state index in [0.29, 0.717) is 50.1 Å². The lowest BCUT2D eigenvalue weighted by Gasteiger charge is -2.62. The Balaban J connectivity index is 1.44. The van der Waals surface area contributed by atoms with Crippen LogP contribution in [-0.2, 0) is 18.9 Å². The van der Waals surface area contributed by atoms with E-state index in [1.54, 1.807) is 0 Å². The van der Waals surface area contributed by atoms with E-state index in [4.69, 9.17) is 18.9 Å². The lowest BCUT2D eigenvalue weighted by molar-refractivity contribution is -0.317. The van der Waals surface area contributed by atoms with Crippen molar-refractivity contribution in [3.05, 3.63) is 0 Å². The molecule has 6 nitrogen and oxygen atoms in total. The lowest BCUT2D eigenvalue weighted by atomic mass is 9.44. The van der Waals surface area contributed by atoms with Crippen molar-refractivity contribution in [3.8, 4) is 0 Å². The molecule has 6 atom stereocenters. The molecule has 4 aliphatic carbocycles. The first kappa shape index (κ1) is 19.0. The quantitative estimate of drug-likeness (QED) is 0.488. The monoisotopic (exact) mass is 405 g/mol. The first-order chi connectivity index (χ1) is 14.1. The highest BCUT2D eigenvalue weighted by atomic mass is 16.8. The summed E-state index contributed by atoms with van der Waals surface area (Å²) in [6.07, 6.45) is 9.91. The topological polar surface area (TPSA) is 69.5 Å². The van der Waals surface area contributed by atoms with Gasteiger partial charge in [0.25, 0.3) is 0 Å². The molecule has 0 unspecified atom stereocenters. The molecule has 0 aromatic carbocycles. The molecule has 2 aliphatic heterocycles. The van der Waals surface area contributed by atoms with E-state index in [0.717, 1.165) is 31.4 Å². The number of fused-ring (bicyclic) bond motifs is 4. The molecular weight excluding hydrogens is 370 g/mol. The molecule has 1 spiro atoms. The molecule has 6 rings (SSSR count). The van der Waals surface area contributed by atoms with Crippen LogP contribution in [0.25, 0.3) is 0 Å². The van der Waals surface area contributed by atoms with Crippen LogP contribution in [0.15, 0.2) is 5.16 Å². The van der Waals surface area contributed by atoms with Crippen molar-refractivity contribution >= 4 is 5.71 Å². The van der Waals surface area contributed by atoms with Gasteiger partial charge < -0.3 is 24.2 Å². The van der Waals surface area contributed by atoms with Crippen molar-refractivity contribution < 1.29 is 24.2 Å². The average molecular weight is 406 g/mol. The number of rotatable bonds is 0. The largest absolute Gasteiger partial charge is 0.411 e. The van der Waals surface area contributed by atoms with Gasteiger partial charge in [0, 0.05) is 12.3 Å². The summed E-state index contributed by atoms with van der Waals surface area (Å²) in [6, 6.07) is 0. The van der Waals surface area contributed by atoms with Gasteiger partial charge in [-0.15, -0.1) is 0 Å². The van der Waals surface area contributed by atoms with E-state index in [-0.39, 0.29) is 17.1 Å². The number of hydrogen-bond acceptors (Lipinski definition) is 6. The second-order valence-corrected chi connectivity index (χ2v) is 10.6. The Morgan fingerprint density at radius 3 is 2.41 bits per heavy atom. The van der Waals surface area contributed by atoms with E-state index in [1.165, 1.54) is 32.1 Å². The van der Waals surface area contributed by atoms with Crippen molar-refractivity contribution in [1.82, 2.24) is 0 Å². The summed E-state index contributed by atoms with van der Waals surface area (Å²) >= 11 is 0. The summed E-state index contributed by atoms with van der Waals surface area (Å²) in [7, 11) is 0. The molecule has 0 aromatic heterocycles. The highest BCUT2D eigenvalue weighted by molar-refractivity contribution is 5.88. The number of oxime groups is 1. The molecule has 6 aliphatic rings. The zero-order valence-electron chi connectivity index (χ0n) is 17.6. The maximum atomic E-state index is 9.95. The maximum Gasteiger partial charge on any atom is 0.179 e. The van der Waals surface area contributed by atoms with Crippen LogP contribution < -0.4 is 0 Å². The molecule has 1 N–H and O–H groups in total. The van der Waals surface area contributed by atoms with Crippen LogP contribution in [0.2, 0.25) is 0 Å². The average Bonchev–Trinajstić information content (AvgIpc) is 2.91. The third-order valence-corrected chi connectivity index (χ3v) is 9.93. The molecule has 2 bridgehead atoms. The fourth-order valence-electron chi connectivity index (χ4n) is 8.92. The first-order valence-electron chi connectivity index (χ1n) is 11.9. The third-order valence-electron chi connectivity index (χ3n) is 9.93. The Hall–Kier alpha value is -0.690. The Morgan fingerprint density at radius 1 is 0.897 bits per heavy atom. The SMILES string of the molecule is C[C@]12CCCC[C@@H]1/C(=N/O)C[C@@H]1[C@@H]2CC[C@]23C4OCCOC2(CC[C@@H]13)OCCO4. The van der Waals surface area contributed by atoms with Gasteiger partial charge in [0.05, 0.1) is 37.6 Å². The minimum absolute atomic E-state index is 0.237. The Morgan fingerprint density at radius 2 is 1.66 bits per heavy atom. The van der Waals surface area contributed by atoms with Crippen LogP contribution in [0.5, 0.6) is 0 Å². The fraction of sp³-hybridized carbons (Fsp3) is 0.957. The fourth-order valence-corrected chi connectivity index (χ4v) is 8.92. The van der Waals surface area contributed by atoms with Gasteiger partial charge in [0.1, 0.15) is 0 Å². The first-order valence-corrected chi connectivity index (χ1v) is 11.9. The summed E-state index contributed by atoms with van der Waals surface area (Å²) < 4.78 is 25.5. The van der Waals surface area contributed by atoms with Crippen molar-refractivity contribution in [2.45, 2.75) is 76.8 Å². The predicted molar refractivity (Wildman–Crippen MR) is 106 cm³/mol. The van der Waals surface area contributed by atoms with Crippen LogP contribution >= 0.6 is 0 Å². The molecule has 6 fully saturated rings. The zero-order valence-corrected chi connectivity index (χ0v) is 17.6. The molecule has 4 saturated carbocycles. The van der Waals surface area contributed by atoms with Crippen LogP contribution in [0.4, 0.5) is 0 Å². The van der Waals surface area contributed by atoms with E-state index in [9.17, 15) is 5.21 Å². The molecule has 0 radical (unpaired) electrons. The summed E-state index contributed by atoms with van der Waals surface area (Å²) in [5.41, 5.74) is 1.06. The van der Waals surface area contributed by atoms with Crippen molar-refractivity contribution in [3.63, 3.8) is 0 Å². The van der Waals surface area contributed by atoms with Crippen molar-refractivity contribution in [1.29, 1.82) is 0 Å². The molecule has 162 valence electrons. The zero-order chi connectivity index (χ0) is 19.7. The van der Waals surface area contributed by atoms with Gasteiger partial charge in [0.2, 0.25) is 0 Å². The maximum absolute atomic E-state index is 9.95. The normalized spacial score (nSPS) is 55.8. The second kappa shape index (κ2) is 6.65. The van der Waals surface area contributed by atoms with Gasteiger partial charge in [-0.1, -0.05) is 24.9 Å². The minimum atomic E-state index is -0.568. The number of hydrogen-bond donors (Lipinski definition) is 1. The van der Waals surface area contributed by atoms with Crippen molar-refractivity contribution in [2.75, 3.05) is 26.4 Å². The summed E-state index contributed by atoms with van der Waals surface area (Å²) in [4.78, 5) is 0. The van der Waals surface area contributed by atoms with E-state index in [2.05, 4.69) is 12.1 Å². The van der Waals surface area contributed by atoms with Gasteiger partial charge >= 0.3 is 0 Å². The smallest absolute Gasteiger partial charge is 0.179 e. The molecule has 0 aromatic rings. The molecule has 0 amide bonds. The standard InChI is InChI=1S/C23H35NO5/c1-21-7-3-2-4-18(21)19(24-25)14-15-16(21)5-8-22-17(15)6-9-23(22)28-12-10-26-20(22)27-11-13-29-23/h15-18,20,25H,2-14H2,1H3/b24-19+/t15-,16+,17+,18-,20?,21-,22+,23?/m1/s1. The lowest BCUT2D eigenvalue weighted by Crippen LogP contribution is -2.63. The van der Waals surface area contributed by atoms with Crippen LogP contribution in [0, 0.1) is 34.5 Å². The molecular formula is C23H35NO5. The van der Waals surface area contributed by atoms with Gasteiger partial charge in [-0.3, -0.25) is 0 Å². The predicted octanol–water partition coefficient (Wildman–Crippen LogP) is 3.96. The van der Waals surface area contributed by atoms with E-state index >= 15 is 0 Å². The molecule has 6 heteroatoms. The van der Waals surface area contributed by atoms with Crippen LogP contribution in [0.1, 0.15) is 64.7 Å². The highest BCUT2D eigenvalue weighted by Gasteiger charge is 2.73. The summed E-state index contributed by atoms with van der Waals surface area (Å²) in [5.74, 6) is 1.48. The Labute approximate surface area is 173 Å². The molecule has 29 heavy (non-hydrogen) atoms. The number of nitrogens with zero attached hydrogens (tertiary/aromatic N) is 1.